The molecular formula is C14H24N2O5. The third-order valence-corrected chi connectivity index (χ3v) is 3.82. The summed E-state index contributed by atoms with van der Waals surface area (Å²) in [5, 5.41) is 8.77. The van der Waals surface area contributed by atoms with E-state index in [1.54, 1.807) is 4.90 Å². The van der Waals surface area contributed by atoms with Gasteiger partial charge in [-0.25, -0.2) is 4.79 Å². The van der Waals surface area contributed by atoms with Crippen LogP contribution >= 0.6 is 0 Å². The number of carbonyl (C=O) groups is 3. The Hall–Kier alpha value is -1.79. The van der Waals surface area contributed by atoms with E-state index >= 15 is 0 Å². The first-order valence-corrected chi connectivity index (χ1v) is 7.13. The maximum atomic E-state index is 12.5. The van der Waals surface area contributed by atoms with Crippen LogP contribution in [0.25, 0.3) is 0 Å². The van der Waals surface area contributed by atoms with E-state index in [0.29, 0.717) is 13.1 Å². The summed E-state index contributed by atoms with van der Waals surface area (Å²) in [5.74, 6) is -1.52. The Balaban J connectivity index is 2.72. The summed E-state index contributed by atoms with van der Waals surface area (Å²) in [6, 6.07) is -0.311. The lowest BCUT2D eigenvalue weighted by atomic mass is 9.99. The van der Waals surface area contributed by atoms with E-state index in [2.05, 4.69) is 0 Å². The number of carboxylic acids is 1. The van der Waals surface area contributed by atoms with Crippen LogP contribution in [-0.4, -0.2) is 65.7 Å². The fourth-order valence-electron chi connectivity index (χ4n) is 2.55. The topological polar surface area (TPSA) is 87.2 Å². The minimum absolute atomic E-state index is 0.0369. The van der Waals surface area contributed by atoms with Crippen molar-refractivity contribution in [3.05, 3.63) is 0 Å². The number of esters is 1. The monoisotopic (exact) mass is 300 g/mol. The molecule has 1 rings (SSSR count). The number of carbonyl (C=O) groups excluding carboxylic acids is 2. The third-order valence-electron chi connectivity index (χ3n) is 3.82. The van der Waals surface area contributed by atoms with E-state index in [1.165, 1.54) is 12.0 Å². The van der Waals surface area contributed by atoms with Gasteiger partial charge < -0.3 is 19.6 Å². The maximum absolute atomic E-state index is 12.5. The van der Waals surface area contributed by atoms with Crippen LogP contribution in [-0.2, 0) is 14.3 Å². The van der Waals surface area contributed by atoms with Gasteiger partial charge in [-0.05, 0) is 19.8 Å². The fourth-order valence-corrected chi connectivity index (χ4v) is 2.55. The van der Waals surface area contributed by atoms with Gasteiger partial charge in [0.25, 0.3) is 0 Å². The Morgan fingerprint density at radius 2 is 1.95 bits per heavy atom. The SMILES string of the molecule is COC(=O)C1CN(C(=O)N(CCC(=O)O)C(C)C)CC1C. The van der Waals surface area contributed by atoms with Crippen molar-refractivity contribution in [2.75, 3.05) is 26.7 Å². The van der Waals surface area contributed by atoms with Gasteiger partial charge >= 0.3 is 18.0 Å². The summed E-state index contributed by atoms with van der Waals surface area (Å²) in [7, 11) is 1.34. The molecule has 2 amide bonds. The fraction of sp³-hybridized carbons (Fsp3) is 0.786. The van der Waals surface area contributed by atoms with Gasteiger partial charge in [-0.15, -0.1) is 0 Å². The first-order valence-electron chi connectivity index (χ1n) is 7.13. The molecule has 7 heteroatoms. The molecule has 0 aromatic carbocycles. The van der Waals surface area contributed by atoms with Gasteiger partial charge in [-0.2, -0.15) is 0 Å². The Labute approximate surface area is 124 Å². The van der Waals surface area contributed by atoms with E-state index < -0.39 is 5.97 Å². The summed E-state index contributed by atoms with van der Waals surface area (Å²) in [6.07, 6.45) is -0.0895. The van der Waals surface area contributed by atoms with Crippen LogP contribution < -0.4 is 0 Å². The summed E-state index contributed by atoms with van der Waals surface area (Å²) in [4.78, 5) is 38.0. The van der Waals surface area contributed by atoms with Crippen LogP contribution in [0.15, 0.2) is 0 Å². The molecule has 21 heavy (non-hydrogen) atoms. The zero-order valence-corrected chi connectivity index (χ0v) is 13.0. The highest BCUT2D eigenvalue weighted by Crippen LogP contribution is 2.25. The van der Waals surface area contributed by atoms with Crippen LogP contribution in [0.3, 0.4) is 0 Å². The predicted molar refractivity (Wildman–Crippen MR) is 75.7 cm³/mol. The molecule has 1 heterocycles. The average molecular weight is 300 g/mol. The van der Waals surface area contributed by atoms with Gasteiger partial charge in [0.15, 0.2) is 0 Å². The third kappa shape index (κ3) is 4.34. The summed E-state index contributed by atoms with van der Waals surface area (Å²) < 4.78 is 4.75. The average Bonchev–Trinajstić information content (AvgIpc) is 2.79. The molecule has 1 saturated heterocycles. The van der Waals surface area contributed by atoms with Crippen LogP contribution in [0.1, 0.15) is 27.2 Å². The molecule has 7 nitrogen and oxygen atoms in total. The summed E-state index contributed by atoms with van der Waals surface area (Å²) in [6.45, 7) is 6.57. The van der Waals surface area contributed by atoms with E-state index in [9.17, 15) is 14.4 Å². The molecule has 120 valence electrons. The molecule has 0 bridgehead atoms. The van der Waals surface area contributed by atoms with Gasteiger partial charge in [-0.3, -0.25) is 9.59 Å². The molecule has 2 unspecified atom stereocenters. The van der Waals surface area contributed by atoms with Gasteiger partial charge in [0.05, 0.1) is 19.4 Å². The maximum Gasteiger partial charge on any atom is 0.320 e. The van der Waals surface area contributed by atoms with Crippen LogP contribution in [0, 0.1) is 11.8 Å². The number of hydrogen-bond donors (Lipinski definition) is 1. The van der Waals surface area contributed by atoms with E-state index in [-0.39, 0.29) is 42.8 Å². The van der Waals surface area contributed by atoms with Crippen molar-refractivity contribution in [1.29, 1.82) is 0 Å². The molecule has 1 N–H and O–H groups in total. The number of likely N-dealkylation sites (tertiary alicyclic amines) is 1. The van der Waals surface area contributed by atoms with Crippen molar-refractivity contribution in [3.63, 3.8) is 0 Å². The highest BCUT2D eigenvalue weighted by Gasteiger charge is 2.39. The summed E-state index contributed by atoms with van der Waals surface area (Å²) >= 11 is 0. The lowest BCUT2D eigenvalue weighted by molar-refractivity contribution is -0.146. The molecular weight excluding hydrogens is 276 g/mol. The number of hydrogen-bond acceptors (Lipinski definition) is 4. The molecule has 0 aliphatic carbocycles. The van der Waals surface area contributed by atoms with Crippen molar-refractivity contribution < 1.29 is 24.2 Å². The summed E-state index contributed by atoms with van der Waals surface area (Å²) in [5.41, 5.74) is 0. The predicted octanol–water partition coefficient (Wildman–Crippen LogP) is 1.03. The van der Waals surface area contributed by atoms with Gasteiger partial charge in [0.1, 0.15) is 0 Å². The number of carboxylic acid groups (broad SMARTS) is 1. The second kappa shape index (κ2) is 7.28. The molecule has 1 fully saturated rings. The molecule has 1 aliphatic heterocycles. The van der Waals surface area contributed by atoms with Crippen molar-refractivity contribution in [1.82, 2.24) is 9.80 Å². The number of rotatable bonds is 5. The Morgan fingerprint density at radius 3 is 2.43 bits per heavy atom. The number of urea groups is 1. The number of ether oxygens (including phenoxy) is 1. The molecule has 2 atom stereocenters. The normalized spacial score (nSPS) is 21.5. The largest absolute Gasteiger partial charge is 0.481 e. The number of methoxy groups -OCH3 is 1. The minimum Gasteiger partial charge on any atom is -0.481 e. The molecule has 1 aliphatic rings. The number of amides is 2. The molecule has 0 spiro atoms. The first-order chi connectivity index (χ1) is 9.77. The Kier molecular flexibility index (Phi) is 5.99. The molecule has 0 aromatic rings. The molecule has 0 saturated carbocycles. The molecule has 0 radical (unpaired) electrons. The van der Waals surface area contributed by atoms with E-state index in [4.69, 9.17) is 9.84 Å². The lowest BCUT2D eigenvalue weighted by Gasteiger charge is -2.31. The number of aliphatic carboxylic acids is 1. The van der Waals surface area contributed by atoms with E-state index in [0.717, 1.165) is 0 Å². The van der Waals surface area contributed by atoms with E-state index in [1.807, 2.05) is 20.8 Å². The smallest absolute Gasteiger partial charge is 0.320 e. The van der Waals surface area contributed by atoms with Crippen LogP contribution in [0.2, 0.25) is 0 Å². The second-order valence-electron chi connectivity index (χ2n) is 5.73. The van der Waals surface area contributed by atoms with Crippen molar-refractivity contribution in [3.8, 4) is 0 Å². The van der Waals surface area contributed by atoms with Crippen molar-refractivity contribution >= 4 is 18.0 Å². The highest BCUT2D eigenvalue weighted by molar-refractivity contribution is 5.79. The van der Waals surface area contributed by atoms with Gasteiger partial charge in [0.2, 0.25) is 0 Å². The standard InChI is InChI=1S/C14H24N2O5/c1-9(2)16(6-5-12(17)18)14(20)15-7-10(3)11(8-15)13(19)21-4/h9-11H,5-8H2,1-4H3,(H,17,18). The quantitative estimate of drug-likeness (QED) is 0.766. The first kappa shape index (κ1) is 17.3. The van der Waals surface area contributed by atoms with Crippen LogP contribution in [0.4, 0.5) is 4.79 Å². The van der Waals surface area contributed by atoms with Crippen LogP contribution in [0.5, 0.6) is 0 Å². The second-order valence-corrected chi connectivity index (χ2v) is 5.73. The van der Waals surface area contributed by atoms with Gasteiger partial charge in [0, 0.05) is 25.7 Å². The van der Waals surface area contributed by atoms with Crippen molar-refractivity contribution in [2.24, 2.45) is 11.8 Å². The molecule has 0 aromatic heterocycles. The minimum atomic E-state index is -0.935. The Morgan fingerprint density at radius 1 is 1.33 bits per heavy atom. The Bertz CT molecular complexity index is 410. The lowest BCUT2D eigenvalue weighted by Crippen LogP contribution is -2.46. The zero-order chi connectivity index (χ0) is 16.2. The number of nitrogens with zero attached hydrogens (tertiary/aromatic N) is 2. The zero-order valence-electron chi connectivity index (χ0n) is 13.0. The van der Waals surface area contributed by atoms with Crippen molar-refractivity contribution in [2.45, 2.75) is 33.2 Å². The highest BCUT2D eigenvalue weighted by atomic mass is 16.5. The van der Waals surface area contributed by atoms with Gasteiger partial charge in [-0.1, -0.05) is 6.92 Å².